The van der Waals surface area contributed by atoms with Gasteiger partial charge in [0.15, 0.2) is 0 Å². The van der Waals surface area contributed by atoms with Crippen LogP contribution in [0.1, 0.15) is 143 Å². The standard InChI is InChI=1S/C32H59O3P/c1-30(2)24-18-13-9-5-7-11-15-22-28-33-36(35-32-26-20-17-21-27-32)34-29-23-16-12-8-6-10-14-19-25-31(3)4/h17,20-21,26-27,30-31H,5-16,18-19,22-25,28-29H2,1-4H3. The summed E-state index contributed by atoms with van der Waals surface area (Å²) in [6.07, 6.45) is 23.9. The van der Waals surface area contributed by atoms with Crippen molar-refractivity contribution < 1.29 is 13.6 Å². The first-order valence-electron chi connectivity index (χ1n) is 15.4. The average molecular weight is 523 g/mol. The summed E-state index contributed by atoms with van der Waals surface area (Å²) >= 11 is 0. The van der Waals surface area contributed by atoms with Gasteiger partial charge in [-0.05, 0) is 36.8 Å². The maximum Gasteiger partial charge on any atom is 0.397 e. The molecule has 0 N–H and O–H groups in total. The minimum Gasteiger partial charge on any atom is -0.427 e. The molecule has 0 bridgehead atoms. The Morgan fingerprint density at radius 2 is 0.861 bits per heavy atom. The van der Waals surface area contributed by atoms with Crippen LogP contribution in [0.5, 0.6) is 5.75 Å². The summed E-state index contributed by atoms with van der Waals surface area (Å²) in [7, 11) is -1.32. The van der Waals surface area contributed by atoms with E-state index in [1.165, 1.54) is 103 Å². The average Bonchev–Trinajstić information content (AvgIpc) is 2.85. The quantitative estimate of drug-likeness (QED) is 0.0894. The first-order chi connectivity index (χ1) is 17.6. The first kappa shape index (κ1) is 33.4. The molecule has 0 atom stereocenters. The van der Waals surface area contributed by atoms with Crippen molar-refractivity contribution in [3.05, 3.63) is 30.3 Å². The second kappa shape index (κ2) is 24.7. The lowest BCUT2D eigenvalue weighted by atomic mass is 10.0. The van der Waals surface area contributed by atoms with Crippen LogP contribution in [0, 0.1) is 11.8 Å². The predicted octanol–water partition coefficient (Wildman–Crippen LogP) is 11.7. The summed E-state index contributed by atoms with van der Waals surface area (Å²) in [5.41, 5.74) is 0. The van der Waals surface area contributed by atoms with E-state index < -0.39 is 8.60 Å². The van der Waals surface area contributed by atoms with Crippen LogP contribution >= 0.6 is 8.60 Å². The molecule has 0 aliphatic carbocycles. The summed E-state index contributed by atoms with van der Waals surface area (Å²) in [5.74, 6) is 2.53. The number of rotatable bonds is 26. The van der Waals surface area contributed by atoms with Gasteiger partial charge in [0.25, 0.3) is 0 Å². The molecule has 36 heavy (non-hydrogen) atoms. The molecular weight excluding hydrogens is 463 g/mol. The van der Waals surface area contributed by atoms with Gasteiger partial charge in [-0.2, -0.15) is 0 Å². The Kier molecular flexibility index (Phi) is 22.9. The lowest BCUT2D eigenvalue weighted by Crippen LogP contribution is -2.01. The van der Waals surface area contributed by atoms with E-state index in [0.717, 1.165) is 43.6 Å². The van der Waals surface area contributed by atoms with E-state index in [0.29, 0.717) is 0 Å². The van der Waals surface area contributed by atoms with E-state index in [9.17, 15) is 0 Å². The van der Waals surface area contributed by atoms with Crippen LogP contribution in [0.3, 0.4) is 0 Å². The van der Waals surface area contributed by atoms with Gasteiger partial charge in [0, 0.05) is 0 Å². The van der Waals surface area contributed by atoms with Crippen LogP contribution in [0.2, 0.25) is 0 Å². The van der Waals surface area contributed by atoms with Crippen molar-refractivity contribution in [3.8, 4) is 5.75 Å². The van der Waals surface area contributed by atoms with Crippen LogP contribution in [0.4, 0.5) is 0 Å². The van der Waals surface area contributed by atoms with E-state index in [2.05, 4.69) is 27.7 Å². The molecule has 1 aromatic rings. The molecule has 0 saturated carbocycles. The van der Waals surface area contributed by atoms with Gasteiger partial charge >= 0.3 is 8.60 Å². The van der Waals surface area contributed by atoms with Gasteiger partial charge in [-0.15, -0.1) is 0 Å². The van der Waals surface area contributed by atoms with Gasteiger partial charge in [-0.1, -0.05) is 149 Å². The van der Waals surface area contributed by atoms with E-state index >= 15 is 0 Å². The third-order valence-electron chi connectivity index (χ3n) is 6.67. The van der Waals surface area contributed by atoms with E-state index in [1.807, 2.05) is 30.3 Å². The van der Waals surface area contributed by atoms with Crippen molar-refractivity contribution in [2.75, 3.05) is 13.2 Å². The second-order valence-corrected chi connectivity index (χ2v) is 12.5. The Labute approximate surface area is 226 Å². The first-order valence-corrected chi connectivity index (χ1v) is 16.5. The number of hydrogen-bond donors (Lipinski definition) is 0. The van der Waals surface area contributed by atoms with E-state index in [4.69, 9.17) is 13.6 Å². The molecular formula is C32H59O3P. The Morgan fingerprint density at radius 3 is 1.25 bits per heavy atom. The largest absolute Gasteiger partial charge is 0.427 e. The number of hydrogen-bond acceptors (Lipinski definition) is 3. The Bertz CT molecular complexity index is 534. The van der Waals surface area contributed by atoms with Crippen molar-refractivity contribution in [2.45, 2.75) is 143 Å². The molecule has 0 aromatic heterocycles. The summed E-state index contributed by atoms with van der Waals surface area (Å²) in [6, 6.07) is 9.95. The molecule has 0 spiro atoms. The molecule has 0 aliphatic heterocycles. The van der Waals surface area contributed by atoms with Crippen LogP contribution in [-0.2, 0) is 9.05 Å². The smallest absolute Gasteiger partial charge is 0.397 e. The van der Waals surface area contributed by atoms with Crippen molar-refractivity contribution in [3.63, 3.8) is 0 Å². The van der Waals surface area contributed by atoms with Crippen LogP contribution < -0.4 is 4.52 Å². The fourth-order valence-corrected chi connectivity index (χ4v) is 5.40. The second-order valence-electron chi connectivity index (χ2n) is 11.3. The molecule has 0 fully saturated rings. The Balaban J connectivity index is 2.08. The highest BCUT2D eigenvalue weighted by Crippen LogP contribution is 2.41. The van der Waals surface area contributed by atoms with Crippen LogP contribution in [-0.4, -0.2) is 13.2 Å². The van der Waals surface area contributed by atoms with Crippen LogP contribution in [0.15, 0.2) is 30.3 Å². The summed E-state index contributed by atoms with van der Waals surface area (Å²) in [4.78, 5) is 0. The molecule has 0 heterocycles. The van der Waals surface area contributed by atoms with Gasteiger partial charge in [0.2, 0.25) is 0 Å². The van der Waals surface area contributed by atoms with Crippen molar-refractivity contribution in [2.24, 2.45) is 11.8 Å². The third-order valence-corrected chi connectivity index (χ3v) is 7.81. The lowest BCUT2D eigenvalue weighted by molar-refractivity contribution is 0.198. The predicted molar refractivity (Wildman–Crippen MR) is 159 cm³/mol. The van der Waals surface area contributed by atoms with Crippen molar-refractivity contribution in [1.82, 2.24) is 0 Å². The number of benzene rings is 1. The highest BCUT2D eigenvalue weighted by molar-refractivity contribution is 7.42. The summed E-state index contributed by atoms with van der Waals surface area (Å²) in [5, 5.41) is 0. The van der Waals surface area contributed by atoms with Gasteiger partial charge in [-0.3, -0.25) is 0 Å². The Morgan fingerprint density at radius 1 is 0.500 bits per heavy atom. The monoisotopic (exact) mass is 522 g/mol. The van der Waals surface area contributed by atoms with Gasteiger partial charge in [-0.25, -0.2) is 0 Å². The molecule has 0 aliphatic rings. The maximum absolute atomic E-state index is 6.05. The molecule has 1 rings (SSSR count). The zero-order chi connectivity index (χ0) is 26.1. The molecule has 210 valence electrons. The molecule has 0 unspecified atom stereocenters. The molecule has 0 saturated heterocycles. The van der Waals surface area contributed by atoms with Crippen LogP contribution in [0.25, 0.3) is 0 Å². The highest BCUT2D eigenvalue weighted by atomic mass is 31.2. The minimum absolute atomic E-state index is 0.726. The Hall–Kier alpha value is -0.630. The molecule has 4 heteroatoms. The molecule has 3 nitrogen and oxygen atoms in total. The maximum atomic E-state index is 6.05. The molecule has 1 aromatic carbocycles. The summed E-state index contributed by atoms with van der Waals surface area (Å²) < 4.78 is 18.1. The fraction of sp³-hybridized carbons (Fsp3) is 0.812. The lowest BCUT2D eigenvalue weighted by Gasteiger charge is -2.17. The van der Waals surface area contributed by atoms with E-state index in [-0.39, 0.29) is 0 Å². The zero-order valence-electron chi connectivity index (χ0n) is 24.4. The van der Waals surface area contributed by atoms with Crippen molar-refractivity contribution >= 4 is 8.60 Å². The van der Waals surface area contributed by atoms with Gasteiger partial charge < -0.3 is 13.6 Å². The summed E-state index contributed by atoms with van der Waals surface area (Å²) in [6.45, 7) is 10.7. The topological polar surface area (TPSA) is 27.7 Å². The third kappa shape index (κ3) is 22.6. The van der Waals surface area contributed by atoms with Crippen molar-refractivity contribution in [1.29, 1.82) is 0 Å². The number of para-hydroxylation sites is 1. The zero-order valence-corrected chi connectivity index (χ0v) is 25.2. The van der Waals surface area contributed by atoms with Gasteiger partial charge in [0.1, 0.15) is 5.75 Å². The number of unbranched alkanes of at least 4 members (excludes halogenated alkanes) is 14. The van der Waals surface area contributed by atoms with E-state index in [1.54, 1.807) is 0 Å². The normalized spacial score (nSPS) is 11.8. The minimum atomic E-state index is -1.32. The SMILES string of the molecule is CC(C)CCCCCCCCCCOP(OCCCCCCCCCCC(C)C)Oc1ccccc1. The fourth-order valence-electron chi connectivity index (χ4n) is 4.37. The molecule has 0 amide bonds. The molecule has 0 radical (unpaired) electrons. The highest BCUT2D eigenvalue weighted by Gasteiger charge is 2.14. The van der Waals surface area contributed by atoms with Gasteiger partial charge in [0.05, 0.1) is 13.2 Å².